The number of nitrogens with zero attached hydrogens (tertiary/aromatic N) is 1. The Morgan fingerprint density at radius 2 is 1.60 bits per heavy atom. The van der Waals surface area contributed by atoms with Gasteiger partial charge in [-0.3, -0.25) is 0 Å². The van der Waals surface area contributed by atoms with Crippen LogP contribution in [0.15, 0.2) is 83.8 Å². The molecule has 1 saturated heterocycles. The molecule has 9 heteroatoms. The van der Waals surface area contributed by atoms with Crippen LogP contribution in [0.25, 0.3) is 16.7 Å². The van der Waals surface area contributed by atoms with Crippen LogP contribution in [0.1, 0.15) is 24.8 Å². The van der Waals surface area contributed by atoms with Crippen molar-refractivity contribution < 1.29 is 30.7 Å². The summed E-state index contributed by atoms with van der Waals surface area (Å²) in [6, 6.07) is 17.8. The molecule has 2 bridgehead atoms. The zero-order valence-electron chi connectivity index (χ0n) is 18.4. The van der Waals surface area contributed by atoms with Gasteiger partial charge in [0.25, 0.3) is 0 Å². The third-order valence-corrected chi connectivity index (χ3v) is 8.38. The lowest BCUT2D eigenvalue weighted by Gasteiger charge is -2.33. The van der Waals surface area contributed by atoms with Crippen molar-refractivity contribution in [1.29, 1.82) is 0 Å². The monoisotopic (exact) mass is 503 g/mol. The molecule has 2 unspecified atom stereocenters. The second kappa shape index (κ2) is 8.80. The van der Waals surface area contributed by atoms with E-state index in [1.807, 2.05) is 42.5 Å². The summed E-state index contributed by atoms with van der Waals surface area (Å²) in [6.07, 6.45) is -1.31. The van der Waals surface area contributed by atoms with Crippen LogP contribution in [0.5, 0.6) is 5.75 Å². The van der Waals surface area contributed by atoms with E-state index in [1.54, 1.807) is 6.07 Å². The average molecular weight is 504 g/mol. The van der Waals surface area contributed by atoms with Crippen LogP contribution in [0.3, 0.4) is 0 Å². The number of ether oxygens (including phenoxy) is 1. The third-order valence-electron chi connectivity index (χ3n) is 6.39. The molecule has 2 heterocycles. The normalized spacial score (nSPS) is 20.5. The number of alkyl halides is 3. The summed E-state index contributed by atoms with van der Waals surface area (Å²) in [6.45, 7) is 0. The quantitative estimate of drug-likeness (QED) is 0.379. The summed E-state index contributed by atoms with van der Waals surface area (Å²) in [5.74, 6) is -0.834. The molecule has 182 valence electrons. The number of rotatable bonds is 5. The molecule has 3 aromatic carbocycles. The van der Waals surface area contributed by atoms with Crippen LogP contribution in [-0.4, -0.2) is 31.2 Å². The van der Waals surface area contributed by atoms with Crippen molar-refractivity contribution in [1.82, 2.24) is 4.31 Å². The van der Waals surface area contributed by atoms with Crippen molar-refractivity contribution in [2.45, 2.75) is 42.6 Å². The van der Waals surface area contributed by atoms with E-state index in [1.165, 1.54) is 10.4 Å². The van der Waals surface area contributed by atoms with Crippen LogP contribution in [0, 0.1) is 5.82 Å². The van der Waals surface area contributed by atoms with Gasteiger partial charge in [-0.05, 0) is 66.3 Å². The first-order valence-corrected chi connectivity index (χ1v) is 12.5. The number of fused-ring (bicyclic) bond motifs is 2. The largest absolute Gasteiger partial charge is 0.573 e. The van der Waals surface area contributed by atoms with Gasteiger partial charge in [0.2, 0.25) is 10.0 Å². The summed E-state index contributed by atoms with van der Waals surface area (Å²) in [5, 5.41) is 0. The van der Waals surface area contributed by atoms with Gasteiger partial charge in [0, 0.05) is 17.6 Å². The van der Waals surface area contributed by atoms with Gasteiger partial charge in [-0.25, -0.2) is 12.8 Å². The molecule has 2 atom stereocenters. The molecule has 35 heavy (non-hydrogen) atoms. The van der Waals surface area contributed by atoms with Gasteiger partial charge in [0.1, 0.15) is 11.6 Å². The fourth-order valence-electron chi connectivity index (χ4n) is 4.88. The van der Waals surface area contributed by atoms with Crippen molar-refractivity contribution in [2.24, 2.45) is 0 Å². The summed E-state index contributed by atoms with van der Waals surface area (Å²) in [4.78, 5) is -0.0981. The SMILES string of the molecule is O=S(=O)(c1ccc(OC(F)(F)F)cc1)N1C2C=C(c3ccc(-c4ccccc4)c(F)c3)CC1CC2. The number of hydrogen-bond donors (Lipinski definition) is 0. The standard InChI is InChI=1S/C26H21F4NO3S/c27-25-16-18(6-13-24(25)17-4-2-1-3-5-17)19-14-20-7-8-21(15-19)31(20)35(32,33)23-11-9-22(10-12-23)34-26(28,29)30/h1-6,9-14,16,20-21H,7-8,15H2. The molecule has 0 radical (unpaired) electrons. The molecule has 1 fully saturated rings. The smallest absolute Gasteiger partial charge is 0.406 e. The van der Waals surface area contributed by atoms with Crippen LogP contribution in [-0.2, 0) is 10.0 Å². The Morgan fingerprint density at radius 3 is 2.23 bits per heavy atom. The van der Waals surface area contributed by atoms with Crippen molar-refractivity contribution in [2.75, 3.05) is 0 Å². The number of hydrogen-bond acceptors (Lipinski definition) is 3. The summed E-state index contributed by atoms with van der Waals surface area (Å²) < 4.78 is 84.0. The van der Waals surface area contributed by atoms with Gasteiger partial charge >= 0.3 is 6.36 Å². The van der Waals surface area contributed by atoms with Gasteiger partial charge in [-0.2, -0.15) is 4.31 Å². The Labute approximate surface area is 200 Å². The first-order chi connectivity index (χ1) is 16.6. The molecule has 4 nitrogen and oxygen atoms in total. The molecule has 0 N–H and O–H groups in total. The highest BCUT2D eigenvalue weighted by molar-refractivity contribution is 7.89. The van der Waals surface area contributed by atoms with E-state index in [0.29, 0.717) is 30.4 Å². The molecule has 5 rings (SSSR count). The molecule has 0 aromatic heterocycles. The van der Waals surface area contributed by atoms with E-state index in [2.05, 4.69) is 4.74 Å². The molecule has 2 aliphatic rings. The maximum Gasteiger partial charge on any atom is 0.573 e. The predicted molar refractivity (Wildman–Crippen MR) is 123 cm³/mol. The van der Waals surface area contributed by atoms with Gasteiger partial charge < -0.3 is 4.74 Å². The number of halogens is 4. The maximum absolute atomic E-state index is 14.9. The van der Waals surface area contributed by atoms with Crippen molar-refractivity contribution >= 4 is 15.6 Å². The topological polar surface area (TPSA) is 46.6 Å². The lowest BCUT2D eigenvalue weighted by atomic mass is 9.94. The minimum Gasteiger partial charge on any atom is -0.406 e. The highest BCUT2D eigenvalue weighted by Crippen LogP contribution is 2.42. The Hall–Kier alpha value is -3.17. The summed E-state index contributed by atoms with van der Waals surface area (Å²) >= 11 is 0. The molecule has 3 aromatic rings. The molecule has 0 spiro atoms. The fraction of sp³-hybridized carbons (Fsp3) is 0.231. The van der Waals surface area contributed by atoms with E-state index in [-0.39, 0.29) is 16.8 Å². The van der Waals surface area contributed by atoms with E-state index in [4.69, 9.17) is 0 Å². The van der Waals surface area contributed by atoms with Crippen molar-refractivity contribution in [3.63, 3.8) is 0 Å². The number of benzene rings is 3. The van der Waals surface area contributed by atoms with Crippen molar-refractivity contribution in [3.05, 3.63) is 90.3 Å². The van der Waals surface area contributed by atoms with Gasteiger partial charge in [0.15, 0.2) is 0 Å². The molecular weight excluding hydrogens is 482 g/mol. The lowest BCUT2D eigenvalue weighted by Crippen LogP contribution is -2.42. The molecule has 2 aliphatic heterocycles. The fourth-order valence-corrected chi connectivity index (χ4v) is 6.70. The first-order valence-electron chi connectivity index (χ1n) is 11.1. The summed E-state index contributed by atoms with van der Waals surface area (Å²) in [7, 11) is -3.94. The zero-order chi connectivity index (χ0) is 24.8. The minimum atomic E-state index is -4.85. The van der Waals surface area contributed by atoms with E-state index < -0.39 is 28.2 Å². The zero-order valence-corrected chi connectivity index (χ0v) is 19.2. The Kier molecular flexibility index (Phi) is 5.93. The minimum absolute atomic E-state index is 0.0981. The highest BCUT2D eigenvalue weighted by atomic mass is 32.2. The van der Waals surface area contributed by atoms with Crippen LogP contribution in [0.4, 0.5) is 17.6 Å². The average Bonchev–Trinajstić information content (AvgIpc) is 3.10. The van der Waals surface area contributed by atoms with Crippen LogP contribution in [0.2, 0.25) is 0 Å². The first kappa shape index (κ1) is 23.6. The Bertz CT molecular complexity index is 1370. The second-order valence-electron chi connectivity index (χ2n) is 8.61. The highest BCUT2D eigenvalue weighted by Gasteiger charge is 2.44. The second-order valence-corrected chi connectivity index (χ2v) is 10.5. The Morgan fingerprint density at radius 1 is 0.886 bits per heavy atom. The van der Waals surface area contributed by atoms with Gasteiger partial charge in [-0.15, -0.1) is 13.2 Å². The predicted octanol–water partition coefficient (Wildman–Crippen LogP) is 6.40. The lowest BCUT2D eigenvalue weighted by molar-refractivity contribution is -0.274. The van der Waals surface area contributed by atoms with E-state index in [9.17, 15) is 26.0 Å². The molecule has 0 aliphatic carbocycles. The van der Waals surface area contributed by atoms with Crippen LogP contribution >= 0.6 is 0 Å². The van der Waals surface area contributed by atoms with E-state index in [0.717, 1.165) is 35.4 Å². The maximum atomic E-state index is 14.9. The van der Waals surface area contributed by atoms with Gasteiger partial charge in [-0.1, -0.05) is 48.5 Å². The summed E-state index contributed by atoms with van der Waals surface area (Å²) in [5.41, 5.74) is 2.87. The van der Waals surface area contributed by atoms with Crippen molar-refractivity contribution in [3.8, 4) is 16.9 Å². The number of sulfonamides is 1. The Balaban J connectivity index is 1.39. The molecular formula is C26H21F4NO3S. The van der Waals surface area contributed by atoms with E-state index >= 15 is 0 Å². The van der Waals surface area contributed by atoms with Gasteiger partial charge in [0.05, 0.1) is 4.90 Å². The van der Waals surface area contributed by atoms with Crippen LogP contribution < -0.4 is 4.74 Å². The third kappa shape index (κ3) is 4.70. The molecule has 0 saturated carbocycles. The molecule has 0 amide bonds.